The van der Waals surface area contributed by atoms with Crippen LogP contribution in [-0.2, 0) is 24.8 Å². The van der Waals surface area contributed by atoms with E-state index in [1.54, 1.807) is 0 Å². The number of likely N-dealkylation sites (N-methyl/N-ethyl adjacent to an activating group) is 1. The lowest BCUT2D eigenvalue weighted by molar-refractivity contribution is -0.122. The molecule has 25 heavy (non-hydrogen) atoms. The summed E-state index contributed by atoms with van der Waals surface area (Å²) in [6.07, 6.45) is 0. The van der Waals surface area contributed by atoms with E-state index in [0.29, 0.717) is 19.6 Å². The highest BCUT2D eigenvalue weighted by atomic mass is 32.2. The third-order valence-corrected chi connectivity index (χ3v) is 6.65. The van der Waals surface area contributed by atoms with Gasteiger partial charge in [-0.1, -0.05) is 6.07 Å². The highest BCUT2D eigenvalue weighted by Gasteiger charge is 2.29. The zero-order valence-electron chi connectivity index (χ0n) is 13.9. The number of nitrogens with one attached hydrogen (secondary N) is 1. The standard InChI is InChI=1S/C14H22N4O5S2/c1-2-16-14(19)11-17-6-8-18(9-7-17)25(22,23)13-5-3-4-12(10-13)24(15,20)21/h3-5,10H,2,6-9,11H2,1H3,(H,16,19)(H2,15,20,21). The minimum atomic E-state index is -3.98. The Morgan fingerprint density at radius 3 is 2.28 bits per heavy atom. The van der Waals surface area contributed by atoms with E-state index in [1.807, 2.05) is 11.8 Å². The number of nitrogens with two attached hydrogens (primary N) is 1. The Labute approximate surface area is 147 Å². The highest BCUT2D eigenvalue weighted by molar-refractivity contribution is 7.90. The van der Waals surface area contributed by atoms with Crippen molar-refractivity contribution in [2.75, 3.05) is 39.3 Å². The summed E-state index contributed by atoms with van der Waals surface area (Å²) in [7, 11) is -7.80. The van der Waals surface area contributed by atoms with Crippen LogP contribution in [0.5, 0.6) is 0 Å². The van der Waals surface area contributed by atoms with E-state index < -0.39 is 20.0 Å². The van der Waals surface area contributed by atoms with E-state index in [4.69, 9.17) is 5.14 Å². The average molecular weight is 390 g/mol. The quantitative estimate of drug-likeness (QED) is 0.626. The zero-order chi connectivity index (χ0) is 18.7. The van der Waals surface area contributed by atoms with E-state index in [9.17, 15) is 21.6 Å². The number of carbonyl (C=O) groups excluding carboxylic acids is 1. The van der Waals surface area contributed by atoms with Crippen LogP contribution in [-0.4, -0.2) is 71.2 Å². The number of benzene rings is 1. The molecule has 1 saturated heterocycles. The molecule has 0 atom stereocenters. The van der Waals surface area contributed by atoms with Crippen molar-refractivity contribution in [1.82, 2.24) is 14.5 Å². The van der Waals surface area contributed by atoms with Crippen molar-refractivity contribution < 1.29 is 21.6 Å². The molecular weight excluding hydrogens is 368 g/mol. The molecule has 1 aromatic rings. The number of nitrogens with zero attached hydrogens (tertiary/aromatic N) is 2. The van der Waals surface area contributed by atoms with Crippen molar-refractivity contribution in [1.29, 1.82) is 0 Å². The molecular formula is C14H22N4O5S2. The third kappa shape index (κ3) is 4.98. The second kappa shape index (κ2) is 7.79. The van der Waals surface area contributed by atoms with Crippen LogP contribution in [0.2, 0.25) is 0 Å². The maximum atomic E-state index is 12.7. The minimum absolute atomic E-state index is 0.0975. The summed E-state index contributed by atoms with van der Waals surface area (Å²) in [6.45, 7) is 3.90. The summed E-state index contributed by atoms with van der Waals surface area (Å²) in [5.74, 6) is -0.0975. The topological polar surface area (TPSA) is 130 Å². The summed E-state index contributed by atoms with van der Waals surface area (Å²) >= 11 is 0. The maximum Gasteiger partial charge on any atom is 0.243 e. The van der Waals surface area contributed by atoms with Gasteiger partial charge in [0.2, 0.25) is 26.0 Å². The van der Waals surface area contributed by atoms with Crippen molar-refractivity contribution >= 4 is 26.0 Å². The molecule has 1 aromatic carbocycles. The molecule has 0 saturated carbocycles. The molecule has 9 nitrogen and oxygen atoms in total. The van der Waals surface area contributed by atoms with Crippen LogP contribution in [0.1, 0.15) is 6.92 Å². The molecule has 1 heterocycles. The number of piperazine rings is 1. The number of primary sulfonamides is 1. The highest BCUT2D eigenvalue weighted by Crippen LogP contribution is 2.20. The summed E-state index contributed by atoms with van der Waals surface area (Å²) in [6, 6.07) is 4.99. The van der Waals surface area contributed by atoms with Gasteiger partial charge in [0.05, 0.1) is 16.3 Å². The molecule has 0 unspecified atom stereocenters. The van der Waals surface area contributed by atoms with E-state index >= 15 is 0 Å². The van der Waals surface area contributed by atoms with E-state index in [2.05, 4.69) is 5.32 Å². The lowest BCUT2D eigenvalue weighted by Gasteiger charge is -2.33. The monoisotopic (exact) mass is 390 g/mol. The van der Waals surface area contributed by atoms with Crippen molar-refractivity contribution in [3.8, 4) is 0 Å². The number of hydrogen-bond acceptors (Lipinski definition) is 6. The number of sulfonamides is 2. The average Bonchev–Trinajstić information content (AvgIpc) is 2.55. The Morgan fingerprint density at radius 2 is 1.72 bits per heavy atom. The first-order chi connectivity index (χ1) is 11.6. The molecule has 1 amide bonds. The van der Waals surface area contributed by atoms with Crippen LogP contribution in [0.3, 0.4) is 0 Å². The Kier molecular flexibility index (Phi) is 6.16. The van der Waals surface area contributed by atoms with Gasteiger partial charge in [-0.25, -0.2) is 22.0 Å². The second-order valence-corrected chi connectivity index (χ2v) is 9.15. The van der Waals surface area contributed by atoms with Gasteiger partial charge in [0.1, 0.15) is 0 Å². The predicted molar refractivity (Wildman–Crippen MR) is 91.7 cm³/mol. The van der Waals surface area contributed by atoms with Gasteiger partial charge in [-0.2, -0.15) is 4.31 Å². The molecule has 1 aliphatic rings. The fourth-order valence-electron chi connectivity index (χ4n) is 2.54. The first-order valence-electron chi connectivity index (χ1n) is 7.76. The van der Waals surface area contributed by atoms with Crippen LogP contribution in [0.15, 0.2) is 34.1 Å². The van der Waals surface area contributed by atoms with Crippen molar-refractivity contribution in [3.63, 3.8) is 0 Å². The van der Waals surface area contributed by atoms with Gasteiger partial charge >= 0.3 is 0 Å². The third-order valence-electron chi connectivity index (χ3n) is 3.84. The number of hydrogen-bond donors (Lipinski definition) is 2. The van der Waals surface area contributed by atoms with Crippen LogP contribution in [0.25, 0.3) is 0 Å². The largest absolute Gasteiger partial charge is 0.355 e. The van der Waals surface area contributed by atoms with Gasteiger partial charge in [0.25, 0.3) is 0 Å². The molecule has 2 rings (SSSR count). The van der Waals surface area contributed by atoms with Gasteiger partial charge in [0, 0.05) is 32.7 Å². The lowest BCUT2D eigenvalue weighted by atomic mass is 10.3. The molecule has 3 N–H and O–H groups in total. The molecule has 0 bridgehead atoms. The Hall–Kier alpha value is -1.53. The minimum Gasteiger partial charge on any atom is -0.355 e. The van der Waals surface area contributed by atoms with Gasteiger partial charge in [-0.05, 0) is 25.1 Å². The van der Waals surface area contributed by atoms with Gasteiger partial charge in [0.15, 0.2) is 0 Å². The van der Waals surface area contributed by atoms with Gasteiger partial charge in [-0.3, -0.25) is 9.69 Å². The first-order valence-corrected chi connectivity index (χ1v) is 10.8. The summed E-state index contributed by atoms with van der Waals surface area (Å²) in [5.41, 5.74) is 0. The van der Waals surface area contributed by atoms with Crippen molar-refractivity contribution in [3.05, 3.63) is 24.3 Å². The van der Waals surface area contributed by atoms with E-state index in [0.717, 1.165) is 6.07 Å². The summed E-state index contributed by atoms with van der Waals surface area (Å²) in [5, 5.41) is 7.76. The second-order valence-electron chi connectivity index (χ2n) is 5.65. The molecule has 0 aromatic heterocycles. The summed E-state index contributed by atoms with van der Waals surface area (Å²) in [4.78, 5) is 13.1. The van der Waals surface area contributed by atoms with Crippen LogP contribution >= 0.6 is 0 Å². The lowest BCUT2D eigenvalue weighted by Crippen LogP contribution is -2.51. The Bertz CT molecular complexity index is 831. The van der Waals surface area contributed by atoms with Crippen molar-refractivity contribution in [2.45, 2.75) is 16.7 Å². The van der Waals surface area contributed by atoms with Crippen LogP contribution in [0.4, 0.5) is 0 Å². The Balaban J connectivity index is 2.08. The number of carbonyl (C=O) groups is 1. The van der Waals surface area contributed by atoms with Gasteiger partial charge in [-0.15, -0.1) is 0 Å². The molecule has 140 valence electrons. The number of rotatable bonds is 6. The normalized spacial score (nSPS) is 17.4. The van der Waals surface area contributed by atoms with Crippen LogP contribution in [0, 0.1) is 0 Å². The summed E-state index contributed by atoms with van der Waals surface area (Å²) < 4.78 is 49.5. The number of amides is 1. The fraction of sp³-hybridized carbons (Fsp3) is 0.500. The molecule has 1 aliphatic heterocycles. The van der Waals surface area contributed by atoms with E-state index in [-0.39, 0.29) is 35.3 Å². The molecule has 1 fully saturated rings. The molecule has 0 radical (unpaired) electrons. The fourth-order valence-corrected chi connectivity index (χ4v) is 4.65. The van der Waals surface area contributed by atoms with Gasteiger partial charge < -0.3 is 5.32 Å². The Morgan fingerprint density at radius 1 is 1.12 bits per heavy atom. The SMILES string of the molecule is CCNC(=O)CN1CCN(S(=O)(=O)c2cccc(S(N)(=O)=O)c2)CC1. The molecule has 0 spiro atoms. The van der Waals surface area contributed by atoms with Crippen molar-refractivity contribution in [2.24, 2.45) is 5.14 Å². The smallest absolute Gasteiger partial charge is 0.243 e. The van der Waals surface area contributed by atoms with E-state index in [1.165, 1.54) is 22.5 Å². The molecule has 11 heteroatoms. The predicted octanol–water partition coefficient (Wildman–Crippen LogP) is -1.22. The maximum absolute atomic E-state index is 12.7. The van der Waals surface area contributed by atoms with Crippen LogP contribution < -0.4 is 10.5 Å². The first kappa shape index (κ1) is 19.8. The molecule has 0 aliphatic carbocycles. The zero-order valence-corrected chi connectivity index (χ0v) is 15.5.